The van der Waals surface area contributed by atoms with E-state index in [0.717, 1.165) is 0 Å². The molecule has 1 rings (SSSR count). The lowest BCUT2D eigenvalue weighted by molar-refractivity contribution is 0.464. The Bertz CT molecular complexity index is 185. The standard InChI is InChI=1S/C2HN5O/c3-1-8-2-4-6-7-5-2/h(H,4,5,6,7). The summed E-state index contributed by atoms with van der Waals surface area (Å²) in [6.07, 6.45) is 1.39. The minimum absolute atomic E-state index is 0.0625. The van der Waals surface area contributed by atoms with Gasteiger partial charge in [0.15, 0.2) is 0 Å². The topological polar surface area (TPSA) is 87.5 Å². The number of H-pyrrole nitrogens is 1. The van der Waals surface area contributed by atoms with Crippen molar-refractivity contribution in [2.24, 2.45) is 0 Å². The first-order chi connectivity index (χ1) is 3.93. The Kier molecular flexibility index (Phi) is 1.06. The fourth-order valence-electron chi connectivity index (χ4n) is 0.237. The highest BCUT2D eigenvalue weighted by Crippen LogP contribution is 1.89. The van der Waals surface area contributed by atoms with Gasteiger partial charge in [-0.25, -0.2) is 0 Å². The lowest BCUT2D eigenvalue weighted by Gasteiger charge is -1.75. The van der Waals surface area contributed by atoms with E-state index in [2.05, 4.69) is 25.4 Å². The normalized spacial score (nSPS) is 7.88. The van der Waals surface area contributed by atoms with E-state index in [1.54, 1.807) is 0 Å². The van der Waals surface area contributed by atoms with Gasteiger partial charge in [0.25, 0.3) is 6.26 Å². The zero-order valence-corrected chi connectivity index (χ0v) is 3.70. The van der Waals surface area contributed by atoms with Gasteiger partial charge in [-0.3, -0.25) is 0 Å². The van der Waals surface area contributed by atoms with Crippen molar-refractivity contribution >= 4 is 0 Å². The predicted molar refractivity (Wildman–Crippen MR) is 20.4 cm³/mol. The number of tetrazole rings is 1. The fraction of sp³-hybridized carbons (Fsp3) is 0. The van der Waals surface area contributed by atoms with Gasteiger partial charge in [0.05, 0.1) is 0 Å². The summed E-state index contributed by atoms with van der Waals surface area (Å²) < 4.78 is 4.14. The van der Waals surface area contributed by atoms with Gasteiger partial charge in [-0.05, 0) is 5.21 Å². The number of nitrogens with one attached hydrogen (secondary N) is 1. The number of nitrogens with zero attached hydrogens (tertiary/aromatic N) is 4. The van der Waals surface area contributed by atoms with Gasteiger partial charge in [-0.2, -0.15) is 5.21 Å². The molecule has 6 nitrogen and oxygen atoms in total. The first kappa shape index (κ1) is 4.52. The Balaban J connectivity index is 2.67. The van der Waals surface area contributed by atoms with Crippen molar-refractivity contribution in [3.8, 4) is 12.3 Å². The number of hydrogen-bond acceptors (Lipinski definition) is 5. The van der Waals surface area contributed by atoms with E-state index in [9.17, 15) is 0 Å². The molecular weight excluding hydrogens is 110 g/mol. The summed E-state index contributed by atoms with van der Waals surface area (Å²) in [5, 5.41) is 19.7. The summed E-state index contributed by atoms with van der Waals surface area (Å²) >= 11 is 0. The lowest BCUT2D eigenvalue weighted by atomic mass is 11.2. The van der Waals surface area contributed by atoms with Crippen LogP contribution in [0, 0.1) is 11.5 Å². The fourth-order valence-corrected chi connectivity index (χ4v) is 0.237. The Morgan fingerprint density at radius 3 is 3.12 bits per heavy atom. The molecule has 0 spiro atoms. The predicted octanol–water partition coefficient (Wildman–Crippen LogP) is -0.940. The minimum atomic E-state index is -0.0625. The zero-order valence-electron chi connectivity index (χ0n) is 3.70. The smallest absolute Gasteiger partial charge is 0.346 e. The maximum absolute atomic E-state index is 7.84. The van der Waals surface area contributed by atoms with Gasteiger partial charge in [-0.15, -0.1) is 5.26 Å². The van der Waals surface area contributed by atoms with Crippen LogP contribution in [0.15, 0.2) is 0 Å². The molecule has 0 aliphatic heterocycles. The first-order valence-corrected chi connectivity index (χ1v) is 1.73. The van der Waals surface area contributed by atoms with Crippen LogP contribution < -0.4 is 4.74 Å². The van der Waals surface area contributed by atoms with Gasteiger partial charge in [0.2, 0.25) is 0 Å². The number of aromatic amines is 1. The molecule has 0 unspecified atom stereocenters. The molecule has 0 aliphatic rings. The highest BCUT2D eigenvalue weighted by molar-refractivity contribution is 4.84. The van der Waals surface area contributed by atoms with Crippen LogP contribution in [0.25, 0.3) is 0 Å². The van der Waals surface area contributed by atoms with E-state index in [1.165, 1.54) is 6.26 Å². The molecule has 0 saturated carbocycles. The van der Waals surface area contributed by atoms with Gasteiger partial charge < -0.3 is 4.74 Å². The molecule has 8 heavy (non-hydrogen) atoms. The van der Waals surface area contributed by atoms with Crippen LogP contribution in [0.1, 0.15) is 0 Å². The van der Waals surface area contributed by atoms with Crippen molar-refractivity contribution in [2.75, 3.05) is 0 Å². The second-order valence-electron chi connectivity index (χ2n) is 0.888. The number of hydrogen-bond donors (Lipinski definition) is 1. The Labute approximate surface area is 44.1 Å². The zero-order chi connectivity index (χ0) is 5.82. The summed E-state index contributed by atoms with van der Waals surface area (Å²) in [6.45, 7) is 0. The maximum Gasteiger partial charge on any atom is 0.371 e. The molecule has 1 aromatic rings. The molecule has 0 amide bonds. The van der Waals surface area contributed by atoms with E-state index in [0.29, 0.717) is 0 Å². The van der Waals surface area contributed by atoms with E-state index in [4.69, 9.17) is 5.26 Å². The molecule has 40 valence electrons. The number of aromatic nitrogens is 4. The van der Waals surface area contributed by atoms with E-state index in [-0.39, 0.29) is 6.01 Å². The molecule has 0 radical (unpaired) electrons. The van der Waals surface area contributed by atoms with Crippen molar-refractivity contribution in [3.63, 3.8) is 0 Å². The molecule has 6 heteroatoms. The Morgan fingerprint density at radius 2 is 2.62 bits per heavy atom. The average molecular weight is 111 g/mol. The summed E-state index contributed by atoms with van der Waals surface area (Å²) in [5.74, 6) is 0. The number of ether oxygens (including phenoxy) is 1. The highest BCUT2D eigenvalue weighted by Gasteiger charge is 1.92. The molecule has 0 atom stereocenters. The summed E-state index contributed by atoms with van der Waals surface area (Å²) in [7, 11) is 0. The molecule has 0 fully saturated rings. The molecule has 0 saturated heterocycles. The minimum Gasteiger partial charge on any atom is -0.346 e. The monoisotopic (exact) mass is 111 g/mol. The Hall–Kier alpha value is -1.64. The van der Waals surface area contributed by atoms with Gasteiger partial charge in [0.1, 0.15) is 0 Å². The van der Waals surface area contributed by atoms with Gasteiger partial charge in [-0.1, -0.05) is 10.2 Å². The molecule has 1 N–H and O–H groups in total. The third kappa shape index (κ3) is 0.704. The lowest BCUT2D eigenvalue weighted by Crippen LogP contribution is -1.82. The van der Waals surface area contributed by atoms with Crippen molar-refractivity contribution in [2.45, 2.75) is 0 Å². The molecule has 1 heterocycles. The summed E-state index contributed by atoms with van der Waals surface area (Å²) in [5.41, 5.74) is 0. The third-order valence-corrected chi connectivity index (χ3v) is 0.463. The quantitative estimate of drug-likeness (QED) is 0.472. The molecule has 0 aromatic carbocycles. The van der Waals surface area contributed by atoms with E-state index in [1.807, 2.05) is 0 Å². The van der Waals surface area contributed by atoms with Crippen LogP contribution in [0.2, 0.25) is 0 Å². The van der Waals surface area contributed by atoms with Crippen LogP contribution in [-0.2, 0) is 0 Å². The molecular formula is C2HN5O. The molecule has 0 aliphatic carbocycles. The SMILES string of the molecule is N#COc1nn[nH]n1. The largest absolute Gasteiger partial charge is 0.371 e. The first-order valence-electron chi connectivity index (χ1n) is 1.73. The van der Waals surface area contributed by atoms with Crippen LogP contribution in [-0.4, -0.2) is 20.6 Å². The summed E-state index contributed by atoms with van der Waals surface area (Å²) in [4.78, 5) is 0. The van der Waals surface area contributed by atoms with Crippen LogP contribution in [0.4, 0.5) is 0 Å². The van der Waals surface area contributed by atoms with Crippen molar-refractivity contribution < 1.29 is 4.74 Å². The van der Waals surface area contributed by atoms with E-state index < -0.39 is 0 Å². The third-order valence-electron chi connectivity index (χ3n) is 0.463. The highest BCUT2D eigenvalue weighted by atomic mass is 16.5. The molecule has 0 bridgehead atoms. The second kappa shape index (κ2) is 1.88. The van der Waals surface area contributed by atoms with Crippen LogP contribution >= 0.6 is 0 Å². The number of nitriles is 1. The average Bonchev–Trinajstić information content (AvgIpc) is 2.19. The van der Waals surface area contributed by atoms with Crippen molar-refractivity contribution in [1.29, 1.82) is 5.26 Å². The molecule has 1 aromatic heterocycles. The van der Waals surface area contributed by atoms with Gasteiger partial charge in [0, 0.05) is 0 Å². The van der Waals surface area contributed by atoms with Crippen LogP contribution in [0.5, 0.6) is 6.01 Å². The number of rotatable bonds is 1. The van der Waals surface area contributed by atoms with E-state index >= 15 is 0 Å². The summed E-state index contributed by atoms with van der Waals surface area (Å²) in [6, 6.07) is -0.0625. The maximum atomic E-state index is 7.84. The Morgan fingerprint density at radius 1 is 1.75 bits per heavy atom. The van der Waals surface area contributed by atoms with Crippen molar-refractivity contribution in [1.82, 2.24) is 20.6 Å². The van der Waals surface area contributed by atoms with Crippen LogP contribution in [0.3, 0.4) is 0 Å². The second-order valence-corrected chi connectivity index (χ2v) is 0.888. The van der Waals surface area contributed by atoms with Gasteiger partial charge >= 0.3 is 6.01 Å². The van der Waals surface area contributed by atoms with Crippen molar-refractivity contribution in [3.05, 3.63) is 0 Å².